The summed E-state index contributed by atoms with van der Waals surface area (Å²) in [7, 11) is -12.7. The number of sulfonamides is 1. The third kappa shape index (κ3) is 17.5. The summed E-state index contributed by atoms with van der Waals surface area (Å²) in [5, 5.41) is 8.63. The first-order valence-corrected chi connectivity index (χ1v) is 35.0. The third-order valence-electron chi connectivity index (χ3n) is 15.0. The number of hydrogen-bond acceptors (Lipinski definition) is 16. The van der Waals surface area contributed by atoms with Gasteiger partial charge in [-0.1, -0.05) is 79.0 Å². The van der Waals surface area contributed by atoms with E-state index in [-0.39, 0.29) is 73.6 Å². The Morgan fingerprint density at radius 2 is 1.42 bits per heavy atom. The zero-order chi connectivity index (χ0) is 71.9. The topological polar surface area (TPSA) is 253 Å². The number of carbonyl (C=O) groups is 3. The molecule has 4 heterocycles. The number of aromatic nitrogens is 6. The Morgan fingerprint density at radius 3 is 1.97 bits per heavy atom. The second kappa shape index (κ2) is 28.7. The summed E-state index contributed by atoms with van der Waals surface area (Å²) in [6, 6.07) is 3.92. The molecule has 0 saturated heterocycles. The Morgan fingerprint density at radius 1 is 0.823 bits per heavy atom. The first-order chi connectivity index (χ1) is 44.1. The van der Waals surface area contributed by atoms with E-state index in [2.05, 4.69) is 37.3 Å². The van der Waals surface area contributed by atoms with Gasteiger partial charge in [0.25, 0.3) is 5.92 Å². The van der Waals surface area contributed by atoms with Crippen LogP contribution in [0.15, 0.2) is 54.7 Å². The standard InChI is InChI=1S/C61H69ClF10N9O12PS2/c1-32(2)27-90-56(83)38-23-39(30-93-94(85,91-28-33(3)4)92-29-34(5)6)54(73-25-38)78(11)57(84)81(96(13,88)89)55-49-45(62)17-16-44(51(49)80(77-55)31-59(65,66)67)43-15-14-42(18-19-58(9,10)95(12,86)87)74-50(43)46(22-37-20-40(63)24-41(64)21-37)75-47(82)26-79-53-48(52(76-79)61(70,71)72)35(7)36(8)60(53,68)69/h14-17,20-21,23-25,32-36,46H,22,26-31H2,1-13H3,(H,75,82)/t35-,36+,46-/m0/s1. The Balaban J connectivity index is 1.48. The van der Waals surface area contributed by atoms with Gasteiger partial charge in [0.1, 0.15) is 46.7 Å². The van der Waals surface area contributed by atoms with Gasteiger partial charge in [0.15, 0.2) is 21.3 Å². The molecule has 7 rings (SSSR count). The van der Waals surface area contributed by atoms with Crippen LogP contribution in [0.3, 0.4) is 0 Å². The van der Waals surface area contributed by atoms with Crippen molar-refractivity contribution in [3.8, 4) is 23.0 Å². The van der Waals surface area contributed by atoms with Crippen molar-refractivity contribution >= 4 is 79.7 Å². The van der Waals surface area contributed by atoms with Crippen molar-refractivity contribution in [2.45, 2.75) is 130 Å². The molecular weight excluding hydrogens is 1370 g/mol. The molecule has 0 fully saturated rings. The van der Waals surface area contributed by atoms with Crippen LogP contribution in [0.25, 0.3) is 22.0 Å². The number of halogens is 11. The average Bonchev–Trinajstić information content (AvgIpc) is 1.56. The minimum atomic E-state index is -5.31. The number of pyridine rings is 2. The molecule has 21 nitrogen and oxygen atoms in total. The molecule has 6 aromatic rings. The summed E-state index contributed by atoms with van der Waals surface area (Å²) in [4.78, 5) is 52.6. The summed E-state index contributed by atoms with van der Waals surface area (Å²) < 4.78 is 241. The van der Waals surface area contributed by atoms with Crippen molar-refractivity contribution in [2.24, 2.45) is 23.7 Å². The maximum Gasteiger partial charge on any atom is 0.475 e. The summed E-state index contributed by atoms with van der Waals surface area (Å²) in [5.74, 6) is -8.94. The molecule has 2 aromatic carbocycles. The molecule has 0 radical (unpaired) electrons. The molecule has 0 aliphatic heterocycles. The van der Waals surface area contributed by atoms with E-state index in [9.17, 15) is 44.2 Å². The SMILES string of the molecule is CC(C)COC(=O)c1cnc(N(C)C(=O)N(c2nn(CC(F)(F)F)c3c(-c4ccc(C#CC(C)(C)S(C)(=O)=O)nc4[C@H](Cc4cc(F)cc(F)c4)NC(=O)Cn4nc(C(F)(F)F)c5c4C(F)(F)[C@H](C)[C@@H]5C)ccc(Cl)c23)S(C)(=O)=O)c(COP(=O)(OCC(C)C)OCC(C)C)c1. The summed E-state index contributed by atoms with van der Waals surface area (Å²) in [6.45, 7) is 10.3. The van der Waals surface area contributed by atoms with E-state index in [4.69, 9.17) is 29.9 Å². The number of nitrogens with one attached hydrogen (secondary N) is 1. The normalized spacial score (nSPS) is 15.7. The van der Waals surface area contributed by atoms with Gasteiger partial charge in [0.2, 0.25) is 15.9 Å². The van der Waals surface area contributed by atoms with Crippen LogP contribution in [0.1, 0.15) is 131 Å². The molecule has 3 atom stereocenters. The molecule has 0 unspecified atom stereocenters. The number of fused-ring (bicyclic) bond motifs is 2. The van der Waals surface area contributed by atoms with Crippen molar-refractivity contribution in [3.63, 3.8) is 0 Å². The van der Waals surface area contributed by atoms with Crippen LogP contribution in [-0.4, -0.2) is 115 Å². The highest BCUT2D eigenvalue weighted by Crippen LogP contribution is 2.56. The molecule has 1 aliphatic carbocycles. The Kier molecular flexibility index (Phi) is 22.8. The number of phosphoric acid groups is 1. The minimum absolute atomic E-state index is 0.0401. The molecule has 35 heteroatoms. The molecule has 3 amide bonds. The largest absolute Gasteiger partial charge is 0.475 e. The van der Waals surface area contributed by atoms with Gasteiger partial charge in [-0.25, -0.2) is 49.7 Å². The Labute approximate surface area is 552 Å². The van der Waals surface area contributed by atoms with Gasteiger partial charge in [-0.15, -0.1) is 0 Å². The van der Waals surface area contributed by atoms with E-state index >= 15 is 35.5 Å². The van der Waals surface area contributed by atoms with Gasteiger partial charge >= 0.3 is 32.2 Å². The van der Waals surface area contributed by atoms with Crippen molar-refractivity contribution in [1.29, 1.82) is 0 Å². The fourth-order valence-corrected chi connectivity index (χ4v) is 12.7. The number of benzene rings is 2. The van der Waals surface area contributed by atoms with Crippen LogP contribution in [0, 0.1) is 47.1 Å². The number of rotatable bonds is 24. The lowest BCUT2D eigenvalue weighted by Gasteiger charge is -2.27. The lowest BCUT2D eigenvalue weighted by molar-refractivity contribution is -0.143. The number of esters is 1. The zero-order valence-electron chi connectivity index (χ0n) is 54.0. The molecule has 1 aliphatic rings. The van der Waals surface area contributed by atoms with Gasteiger partial charge in [-0.2, -0.15) is 49.6 Å². The minimum Gasteiger partial charge on any atom is -0.462 e. The van der Waals surface area contributed by atoms with Crippen molar-refractivity contribution in [1.82, 2.24) is 34.8 Å². The van der Waals surface area contributed by atoms with Gasteiger partial charge in [-0.3, -0.25) is 32.6 Å². The molecule has 0 saturated carbocycles. The van der Waals surface area contributed by atoms with Gasteiger partial charge in [-0.05, 0) is 91.8 Å². The molecule has 1 N–H and O–H groups in total. The highest BCUT2D eigenvalue weighted by molar-refractivity contribution is 7.93. The fourth-order valence-electron chi connectivity index (χ4n) is 9.88. The van der Waals surface area contributed by atoms with E-state index in [0.717, 1.165) is 75.8 Å². The molecule has 4 aromatic heterocycles. The average molecular weight is 1440 g/mol. The van der Waals surface area contributed by atoms with Crippen LogP contribution in [-0.2, 0) is 85.7 Å². The van der Waals surface area contributed by atoms with E-state index in [0.29, 0.717) is 17.2 Å². The maximum absolute atomic E-state index is 16.0. The number of phosphoric ester groups is 1. The van der Waals surface area contributed by atoms with Crippen molar-refractivity contribution in [3.05, 3.63) is 116 Å². The quantitative estimate of drug-likeness (QED) is 0.0256. The van der Waals surface area contributed by atoms with Crippen LogP contribution in [0.4, 0.5) is 60.3 Å². The molecule has 0 bridgehead atoms. The number of anilines is 2. The van der Waals surface area contributed by atoms with Crippen LogP contribution >= 0.6 is 19.4 Å². The summed E-state index contributed by atoms with van der Waals surface area (Å²) in [5.41, 5.74) is -7.15. The number of nitrogens with zero attached hydrogens (tertiary/aromatic N) is 8. The van der Waals surface area contributed by atoms with Crippen LogP contribution in [0.2, 0.25) is 5.02 Å². The molecule has 524 valence electrons. The Bertz CT molecular complexity index is 4290. The van der Waals surface area contributed by atoms with Gasteiger partial charge in [0.05, 0.1) is 65.9 Å². The number of hydrogen-bond donors (Lipinski definition) is 1. The predicted octanol–water partition coefficient (Wildman–Crippen LogP) is 13.1. The number of sulfone groups is 1. The highest BCUT2D eigenvalue weighted by Gasteiger charge is 2.58. The van der Waals surface area contributed by atoms with E-state index in [1.807, 2.05) is 0 Å². The first kappa shape index (κ1) is 76.2. The zero-order valence-corrected chi connectivity index (χ0v) is 57.3. The fraction of sp³-hybridized carbons (Fsp3) is 0.492. The van der Waals surface area contributed by atoms with Gasteiger partial charge < -0.3 is 10.1 Å². The number of amides is 3. The molecule has 96 heavy (non-hydrogen) atoms. The van der Waals surface area contributed by atoms with E-state index in [1.165, 1.54) is 13.8 Å². The number of ether oxygens (including phenoxy) is 1. The van der Waals surface area contributed by atoms with Crippen LogP contribution < -0.4 is 14.5 Å². The second-order valence-electron chi connectivity index (χ2n) is 24.8. The smallest absolute Gasteiger partial charge is 0.462 e. The van der Waals surface area contributed by atoms with Crippen molar-refractivity contribution in [2.75, 3.05) is 48.6 Å². The van der Waals surface area contributed by atoms with E-state index in [1.54, 1.807) is 41.5 Å². The summed E-state index contributed by atoms with van der Waals surface area (Å²) in [6.07, 6.45) is -9.08. The number of carbonyl (C=O) groups excluding carboxylic acids is 3. The lowest BCUT2D eigenvalue weighted by Crippen LogP contribution is -2.45. The molecular formula is C61H69ClF10N9O12PS2. The summed E-state index contributed by atoms with van der Waals surface area (Å²) >= 11 is 6.89. The highest BCUT2D eigenvalue weighted by atomic mass is 35.5. The maximum atomic E-state index is 16.0. The number of urea groups is 1. The van der Waals surface area contributed by atoms with E-state index < -0.39 is 186 Å². The van der Waals surface area contributed by atoms with Crippen LogP contribution in [0.5, 0.6) is 0 Å². The third-order valence-corrected chi connectivity index (χ3v) is 19.6. The first-order valence-electron chi connectivity index (χ1n) is 29.4. The van der Waals surface area contributed by atoms with Gasteiger partial charge in [0, 0.05) is 53.7 Å². The second-order valence-corrected chi connectivity index (χ2v) is 31.3. The Hall–Kier alpha value is -7.21. The predicted molar refractivity (Wildman–Crippen MR) is 334 cm³/mol. The number of alkyl halides is 8. The molecule has 0 spiro atoms. The monoisotopic (exact) mass is 1440 g/mol. The van der Waals surface area contributed by atoms with Crippen molar-refractivity contribution < 1.29 is 98.0 Å². The lowest BCUT2D eigenvalue weighted by atomic mass is 9.93.